The van der Waals surface area contributed by atoms with E-state index in [1.54, 1.807) is 7.11 Å². The Morgan fingerprint density at radius 1 is 1.06 bits per heavy atom. The lowest BCUT2D eigenvalue weighted by Gasteiger charge is -2.41. The van der Waals surface area contributed by atoms with Gasteiger partial charge < -0.3 is 10.5 Å². The summed E-state index contributed by atoms with van der Waals surface area (Å²) in [7, 11) is 1.77. The Kier molecular flexibility index (Phi) is 3.06. The summed E-state index contributed by atoms with van der Waals surface area (Å²) in [5.74, 6) is 1.01. The average Bonchev–Trinajstić information content (AvgIpc) is 2.59. The number of benzene rings is 1. The molecular weight excluding hydrogens is 222 g/mol. The quantitative estimate of drug-likeness (QED) is 0.811. The molecule has 0 saturated heterocycles. The fourth-order valence-electron chi connectivity index (χ4n) is 3.51. The highest BCUT2D eigenvalue weighted by atomic mass is 16.5. The maximum atomic E-state index is 6.60. The van der Waals surface area contributed by atoms with Gasteiger partial charge in [-0.15, -0.1) is 0 Å². The van der Waals surface area contributed by atoms with E-state index in [0.29, 0.717) is 0 Å². The van der Waals surface area contributed by atoms with Gasteiger partial charge in [-0.3, -0.25) is 0 Å². The molecular formula is C16H23NO. The molecule has 1 aromatic carbocycles. The zero-order valence-corrected chi connectivity index (χ0v) is 11.3. The Morgan fingerprint density at radius 2 is 1.83 bits per heavy atom. The summed E-state index contributed by atoms with van der Waals surface area (Å²) in [6, 6.07) is 4.39. The van der Waals surface area contributed by atoms with Crippen LogP contribution in [-0.2, 0) is 18.4 Å². The Hall–Kier alpha value is -1.02. The van der Waals surface area contributed by atoms with E-state index in [0.717, 1.165) is 18.6 Å². The van der Waals surface area contributed by atoms with Crippen molar-refractivity contribution in [1.29, 1.82) is 0 Å². The Morgan fingerprint density at radius 3 is 2.50 bits per heavy atom. The topological polar surface area (TPSA) is 35.2 Å². The second-order valence-electron chi connectivity index (χ2n) is 5.85. The molecule has 1 aromatic rings. The van der Waals surface area contributed by atoms with Crippen molar-refractivity contribution in [3.63, 3.8) is 0 Å². The van der Waals surface area contributed by atoms with Gasteiger partial charge in [-0.05, 0) is 62.1 Å². The highest BCUT2D eigenvalue weighted by molar-refractivity contribution is 5.50. The lowest BCUT2D eigenvalue weighted by molar-refractivity contribution is 0.241. The number of fused-ring (bicyclic) bond motifs is 1. The lowest BCUT2D eigenvalue weighted by atomic mass is 9.70. The number of rotatable bonds is 2. The van der Waals surface area contributed by atoms with E-state index in [-0.39, 0.29) is 5.54 Å². The van der Waals surface area contributed by atoms with E-state index >= 15 is 0 Å². The van der Waals surface area contributed by atoms with Crippen LogP contribution < -0.4 is 10.5 Å². The number of ether oxygens (including phenoxy) is 1. The maximum absolute atomic E-state index is 6.60. The van der Waals surface area contributed by atoms with Crippen molar-refractivity contribution in [3.8, 4) is 5.75 Å². The van der Waals surface area contributed by atoms with Crippen molar-refractivity contribution in [2.75, 3.05) is 7.11 Å². The smallest absolute Gasteiger partial charge is 0.124 e. The number of hydrogen-bond acceptors (Lipinski definition) is 2. The van der Waals surface area contributed by atoms with Crippen molar-refractivity contribution in [2.24, 2.45) is 5.73 Å². The number of nitrogens with two attached hydrogens (primary N) is 1. The van der Waals surface area contributed by atoms with Gasteiger partial charge >= 0.3 is 0 Å². The van der Waals surface area contributed by atoms with Crippen molar-refractivity contribution in [3.05, 3.63) is 28.8 Å². The molecule has 98 valence electrons. The third-order valence-corrected chi connectivity index (χ3v) is 4.71. The minimum Gasteiger partial charge on any atom is -0.496 e. The first-order valence-corrected chi connectivity index (χ1v) is 7.23. The second-order valence-corrected chi connectivity index (χ2v) is 5.85. The van der Waals surface area contributed by atoms with E-state index in [2.05, 4.69) is 12.1 Å². The summed E-state index contributed by atoms with van der Waals surface area (Å²) in [4.78, 5) is 0. The van der Waals surface area contributed by atoms with Crippen LogP contribution in [-0.4, -0.2) is 7.11 Å². The van der Waals surface area contributed by atoms with Crippen LogP contribution in [0.3, 0.4) is 0 Å². The molecule has 0 spiro atoms. The summed E-state index contributed by atoms with van der Waals surface area (Å²) < 4.78 is 5.59. The molecule has 0 radical (unpaired) electrons. The lowest BCUT2D eigenvalue weighted by Crippen LogP contribution is -2.44. The van der Waals surface area contributed by atoms with E-state index < -0.39 is 0 Å². The maximum Gasteiger partial charge on any atom is 0.124 e. The van der Waals surface area contributed by atoms with E-state index in [4.69, 9.17) is 10.5 Å². The monoisotopic (exact) mass is 245 g/mol. The number of hydrogen-bond donors (Lipinski definition) is 1. The summed E-state index contributed by atoms with van der Waals surface area (Å²) in [6.45, 7) is 0. The van der Waals surface area contributed by atoms with Crippen molar-refractivity contribution < 1.29 is 4.74 Å². The molecule has 2 nitrogen and oxygen atoms in total. The molecule has 18 heavy (non-hydrogen) atoms. The van der Waals surface area contributed by atoms with Gasteiger partial charge in [-0.1, -0.05) is 12.5 Å². The third kappa shape index (κ3) is 1.83. The number of aryl methyl sites for hydroxylation is 1. The molecule has 2 N–H and O–H groups in total. The zero-order chi connectivity index (χ0) is 12.6. The standard InChI is InChI=1S/C16H23NO/c1-18-14-9-8-12-6-3-2-4-7-13(12)15(14)16(17)10-5-11-16/h8-9H,2-7,10-11,17H2,1H3. The highest BCUT2D eigenvalue weighted by Gasteiger charge is 2.39. The van der Waals surface area contributed by atoms with Gasteiger partial charge in [0.1, 0.15) is 5.75 Å². The van der Waals surface area contributed by atoms with Crippen molar-refractivity contribution in [1.82, 2.24) is 0 Å². The summed E-state index contributed by atoms with van der Waals surface area (Å²) >= 11 is 0. The second kappa shape index (κ2) is 4.58. The zero-order valence-electron chi connectivity index (χ0n) is 11.3. The van der Waals surface area contributed by atoms with E-state index in [1.165, 1.54) is 55.2 Å². The van der Waals surface area contributed by atoms with Gasteiger partial charge in [0.25, 0.3) is 0 Å². The van der Waals surface area contributed by atoms with Crippen LogP contribution in [0.5, 0.6) is 5.75 Å². The van der Waals surface area contributed by atoms with Crippen molar-refractivity contribution >= 4 is 0 Å². The number of methoxy groups -OCH3 is 1. The molecule has 0 bridgehead atoms. The van der Waals surface area contributed by atoms with Gasteiger partial charge in [0.05, 0.1) is 7.11 Å². The average molecular weight is 245 g/mol. The van der Waals surface area contributed by atoms with Gasteiger partial charge in [0, 0.05) is 11.1 Å². The fourth-order valence-corrected chi connectivity index (χ4v) is 3.51. The Bertz CT molecular complexity index is 449. The molecule has 0 aromatic heterocycles. The molecule has 2 aliphatic carbocycles. The normalized spacial score (nSPS) is 21.7. The van der Waals surface area contributed by atoms with Crippen LogP contribution in [0.1, 0.15) is 55.2 Å². The Balaban J connectivity index is 2.13. The molecule has 0 heterocycles. The first-order chi connectivity index (χ1) is 8.74. The van der Waals surface area contributed by atoms with Crippen LogP contribution in [0.2, 0.25) is 0 Å². The molecule has 0 unspecified atom stereocenters. The molecule has 1 fully saturated rings. The van der Waals surface area contributed by atoms with Gasteiger partial charge in [0.15, 0.2) is 0 Å². The minimum atomic E-state index is -0.110. The SMILES string of the molecule is COc1ccc2c(c1C1(N)CCC1)CCCCC2. The molecule has 0 amide bonds. The van der Waals surface area contributed by atoms with Crippen LogP contribution in [0.4, 0.5) is 0 Å². The van der Waals surface area contributed by atoms with E-state index in [1.807, 2.05) is 0 Å². The molecule has 0 aliphatic heterocycles. The van der Waals surface area contributed by atoms with E-state index in [9.17, 15) is 0 Å². The molecule has 1 saturated carbocycles. The first-order valence-electron chi connectivity index (χ1n) is 7.23. The van der Waals surface area contributed by atoms with Gasteiger partial charge in [-0.25, -0.2) is 0 Å². The molecule has 0 atom stereocenters. The minimum absolute atomic E-state index is 0.110. The van der Waals surface area contributed by atoms with Crippen LogP contribution in [0.25, 0.3) is 0 Å². The predicted molar refractivity (Wildman–Crippen MR) is 74.0 cm³/mol. The molecule has 2 heteroatoms. The fraction of sp³-hybridized carbons (Fsp3) is 0.625. The Labute approximate surface area is 110 Å². The van der Waals surface area contributed by atoms with Gasteiger partial charge in [0.2, 0.25) is 0 Å². The van der Waals surface area contributed by atoms with Crippen LogP contribution in [0, 0.1) is 0 Å². The highest BCUT2D eigenvalue weighted by Crippen LogP contribution is 2.46. The van der Waals surface area contributed by atoms with Crippen LogP contribution >= 0.6 is 0 Å². The third-order valence-electron chi connectivity index (χ3n) is 4.71. The molecule has 2 aliphatic rings. The van der Waals surface area contributed by atoms with Crippen LogP contribution in [0.15, 0.2) is 12.1 Å². The summed E-state index contributed by atoms with van der Waals surface area (Å²) in [5.41, 5.74) is 10.8. The molecule has 3 rings (SSSR count). The predicted octanol–water partition coefficient (Wildman–Crippen LogP) is 3.30. The van der Waals surface area contributed by atoms with Gasteiger partial charge in [-0.2, -0.15) is 0 Å². The summed E-state index contributed by atoms with van der Waals surface area (Å²) in [5, 5.41) is 0. The first kappa shape index (κ1) is 12.0. The summed E-state index contributed by atoms with van der Waals surface area (Å²) in [6.07, 6.45) is 9.82. The largest absolute Gasteiger partial charge is 0.496 e. The van der Waals surface area contributed by atoms with Crippen molar-refractivity contribution in [2.45, 2.75) is 56.9 Å².